The van der Waals surface area contributed by atoms with Crippen molar-refractivity contribution in [1.82, 2.24) is 0 Å². The van der Waals surface area contributed by atoms with Gasteiger partial charge in [0.1, 0.15) is 0 Å². The van der Waals surface area contributed by atoms with E-state index < -0.39 is 27.5 Å². The summed E-state index contributed by atoms with van der Waals surface area (Å²) in [5.74, 6) is -3.34. The van der Waals surface area contributed by atoms with E-state index in [1.54, 1.807) is 0 Å². The molecule has 2 N–H and O–H groups in total. The number of rotatable bonds is 2. The third kappa shape index (κ3) is 20.8. The van der Waals surface area contributed by atoms with Gasteiger partial charge in [0.05, 0.1) is 5.97 Å². The Morgan fingerprint density at radius 3 is 1.40 bits per heavy atom. The molecule has 1 unspecified atom stereocenters. The zero-order valence-electron chi connectivity index (χ0n) is 8.33. The summed E-state index contributed by atoms with van der Waals surface area (Å²) < 4.78 is 27.1. The second-order valence-electron chi connectivity index (χ2n) is 1.68. The fraction of sp³-hybridized carbons (Fsp3) is 0.500. The van der Waals surface area contributed by atoms with E-state index in [-0.39, 0.29) is 59.1 Å². The van der Waals surface area contributed by atoms with Gasteiger partial charge >= 0.3 is 59.1 Å². The predicted molar refractivity (Wildman–Crippen MR) is 33.2 cm³/mol. The first kappa shape index (κ1) is 24.9. The zero-order chi connectivity index (χ0) is 11.2. The second kappa shape index (κ2) is 11.3. The molecule has 0 aliphatic rings. The topological polar surface area (TPSA) is 155 Å². The molecule has 0 aromatic rings. The van der Waals surface area contributed by atoms with Gasteiger partial charge in [-0.2, -0.15) is 8.42 Å². The summed E-state index contributed by atoms with van der Waals surface area (Å²) in [6.07, 6.45) is 0. The molecule has 0 radical (unpaired) electrons. The Bertz CT molecular complexity index is 281. The Hall–Kier alpha value is 0.810. The largest absolute Gasteiger partial charge is 1.00 e. The van der Waals surface area contributed by atoms with Crippen LogP contribution in [0, 0.1) is 0 Å². The van der Waals surface area contributed by atoms with Gasteiger partial charge in [-0.15, -0.1) is 0 Å². The summed E-state index contributed by atoms with van der Waals surface area (Å²) in [5, 5.41) is 26.3. The normalized spacial score (nSPS) is 10.6. The Labute approximate surface area is 130 Å². The molecular weight excluding hydrogens is 254 g/mol. The van der Waals surface area contributed by atoms with Crippen molar-refractivity contribution in [3.05, 3.63) is 0 Å². The molecule has 0 heterocycles. The molecule has 0 aliphatic heterocycles. The smallest absolute Gasteiger partial charge is 0.550 e. The van der Waals surface area contributed by atoms with Crippen LogP contribution in [0.15, 0.2) is 0 Å². The van der Waals surface area contributed by atoms with E-state index in [1.807, 2.05) is 0 Å². The molecule has 0 rings (SSSR count). The van der Waals surface area contributed by atoms with Gasteiger partial charge in [0.15, 0.2) is 0 Å². The van der Waals surface area contributed by atoms with Crippen LogP contribution < -0.4 is 69.3 Å². The van der Waals surface area contributed by atoms with Gasteiger partial charge in [-0.05, 0) is 6.92 Å². The van der Waals surface area contributed by atoms with Crippen molar-refractivity contribution in [2.45, 2.75) is 12.4 Å². The molecule has 0 amide bonds. The van der Waals surface area contributed by atoms with Gasteiger partial charge in [0, 0.05) is 5.97 Å². The quantitative estimate of drug-likeness (QED) is 0.366. The monoisotopic (exact) mass is 260 g/mol. The van der Waals surface area contributed by atoms with Crippen molar-refractivity contribution in [1.29, 1.82) is 0 Å². The molecule has 15 heavy (non-hydrogen) atoms. The summed E-state index contributed by atoms with van der Waals surface area (Å²) in [6.45, 7) is 0.972. The van der Waals surface area contributed by atoms with Crippen LogP contribution in [0.1, 0.15) is 6.92 Å². The van der Waals surface area contributed by atoms with Gasteiger partial charge < -0.3 is 24.9 Å². The summed E-state index contributed by atoms with van der Waals surface area (Å²) in [5.41, 5.74) is -2.85. The maximum absolute atomic E-state index is 9.66. The standard InChI is InChI=1S/C2H4O6S.C2H4O2.2Na/c3-1(4)2(5)9(6,7)8;1-2(3)4;;/h2,5H,(H,3,4)(H,6,7,8);1H3,(H,3,4);;/q;;2*+1/p-2. The molecule has 0 fully saturated rings. The first-order valence-corrected chi connectivity index (χ1v) is 4.12. The molecule has 1 atom stereocenters. The van der Waals surface area contributed by atoms with Gasteiger partial charge in [-0.25, -0.2) is 0 Å². The van der Waals surface area contributed by atoms with Crippen LogP contribution in [0.4, 0.5) is 0 Å². The molecule has 8 nitrogen and oxygen atoms in total. The van der Waals surface area contributed by atoms with E-state index in [2.05, 4.69) is 0 Å². The molecular formula is C4H6Na2O8S. The van der Waals surface area contributed by atoms with Gasteiger partial charge in [0.2, 0.25) is 5.44 Å². The van der Waals surface area contributed by atoms with Crippen LogP contribution in [0.3, 0.4) is 0 Å². The minimum atomic E-state index is -4.91. The number of aliphatic hydroxyl groups is 1. The molecule has 0 aromatic carbocycles. The zero-order valence-corrected chi connectivity index (χ0v) is 13.1. The Kier molecular flexibility index (Phi) is 18.7. The van der Waals surface area contributed by atoms with Crippen LogP contribution in [-0.4, -0.2) is 35.5 Å². The molecule has 0 aromatic heterocycles. The van der Waals surface area contributed by atoms with E-state index in [0.29, 0.717) is 0 Å². The van der Waals surface area contributed by atoms with E-state index in [4.69, 9.17) is 19.6 Å². The fourth-order valence-electron chi connectivity index (χ4n) is 0.122. The molecule has 11 heteroatoms. The van der Waals surface area contributed by atoms with Crippen LogP contribution in [0.5, 0.6) is 0 Å². The maximum Gasteiger partial charge on any atom is 1.00 e. The molecule has 0 spiro atoms. The van der Waals surface area contributed by atoms with E-state index in [0.717, 1.165) is 6.92 Å². The minimum Gasteiger partial charge on any atom is -0.550 e. The Morgan fingerprint density at radius 1 is 1.20 bits per heavy atom. The maximum atomic E-state index is 9.66. The number of carbonyl (C=O) groups is 2. The van der Waals surface area contributed by atoms with Crippen LogP contribution in [0.25, 0.3) is 0 Å². The predicted octanol–water partition coefficient (Wildman–Crippen LogP) is -10.3. The molecule has 0 bridgehead atoms. The summed E-state index contributed by atoms with van der Waals surface area (Å²) >= 11 is 0. The minimum absolute atomic E-state index is 0. The van der Waals surface area contributed by atoms with Gasteiger partial charge in [-0.3, -0.25) is 4.55 Å². The number of hydrogen-bond donors (Lipinski definition) is 2. The number of hydrogen-bond acceptors (Lipinski definition) is 7. The summed E-state index contributed by atoms with van der Waals surface area (Å²) in [4.78, 5) is 18.3. The Morgan fingerprint density at radius 2 is 1.40 bits per heavy atom. The third-order valence-electron chi connectivity index (χ3n) is 0.484. The molecule has 0 saturated carbocycles. The first-order chi connectivity index (χ1) is 5.59. The second-order valence-corrected chi connectivity index (χ2v) is 3.15. The number of carbonyl (C=O) groups excluding carboxylic acids is 2. The van der Waals surface area contributed by atoms with Gasteiger partial charge in [-0.1, -0.05) is 0 Å². The van der Waals surface area contributed by atoms with Crippen LogP contribution in [-0.2, 0) is 19.7 Å². The third-order valence-corrected chi connectivity index (χ3v) is 1.24. The average Bonchev–Trinajstić information content (AvgIpc) is 1.82. The van der Waals surface area contributed by atoms with E-state index in [1.165, 1.54) is 0 Å². The van der Waals surface area contributed by atoms with Crippen molar-refractivity contribution in [3.8, 4) is 0 Å². The molecule has 0 aliphatic carbocycles. The summed E-state index contributed by atoms with van der Waals surface area (Å²) in [6, 6.07) is 0. The van der Waals surface area contributed by atoms with Crippen molar-refractivity contribution in [2.75, 3.05) is 0 Å². The van der Waals surface area contributed by atoms with Crippen molar-refractivity contribution in [2.24, 2.45) is 0 Å². The SMILES string of the molecule is CC(=O)[O-].O=C([O-])C(O)S(=O)(=O)O.[Na+].[Na+]. The molecule has 78 valence electrons. The van der Waals surface area contributed by atoms with Gasteiger partial charge in [0.25, 0.3) is 10.1 Å². The van der Waals surface area contributed by atoms with Crippen LogP contribution in [0.2, 0.25) is 0 Å². The summed E-state index contributed by atoms with van der Waals surface area (Å²) in [7, 11) is -4.91. The molecule has 0 saturated heterocycles. The van der Waals surface area contributed by atoms with E-state index in [9.17, 15) is 18.3 Å². The fourth-order valence-corrected chi connectivity index (χ4v) is 0.365. The first-order valence-electron chi connectivity index (χ1n) is 2.61. The number of carboxylic acids is 2. The van der Waals surface area contributed by atoms with E-state index >= 15 is 0 Å². The van der Waals surface area contributed by atoms with Crippen molar-refractivity contribution in [3.63, 3.8) is 0 Å². The van der Waals surface area contributed by atoms with Crippen LogP contribution >= 0.6 is 0 Å². The van der Waals surface area contributed by atoms with Crippen molar-refractivity contribution < 1.29 is 97.0 Å². The number of carboxylic acid groups (broad SMARTS) is 2. The average molecular weight is 260 g/mol. The number of aliphatic hydroxyl groups excluding tert-OH is 1. The Balaban J connectivity index is -0.0000000883. The van der Waals surface area contributed by atoms with Crippen molar-refractivity contribution >= 4 is 22.1 Å². The number of aliphatic carboxylic acids is 2.